The van der Waals surface area contributed by atoms with Gasteiger partial charge in [-0.15, -0.1) is 0 Å². The molecule has 0 aromatic rings. The first-order valence-corrected chi connectivity index (χ1v) is 7.45. The average Bonchev–Trinajstić information content (AvgIpc) is 2.75. The first-order chi connectivity index (χ1) is 8.91. The Balaban J connectivity index is 2.21. The molecule has 0 saturated heterocycles. The maximum absolute atomic E-state index is 12.1. The zero-order valence-electron chi connectivity index (χ0n) is 12.3. The number of hydrogen-bond acceptors (Lipinski definition) is 2. The van der Waals surface area contributed by atoms with Gasteiger partial charge in [-0.25, -0.2) is 0 Å². The molecule has 1 amide bonds. The zero-order chi connectivity index (χ0) is 14.4. The fourth-order valence-electron chi connectivity index (χ4n) is 2.81. The molecule has 4 heteroatoms. The molecular weight excluding hydrogens is 242 g/mol. The van der Waals surface area contributed by atoms with Crippen LogP contribution in [0.1, 0.15) is 59.3 Å². The molecule has 4 atom stereocenters. The van der Waals surface area contributed by atoms with Crippen LogP contribution in [0, 0.1) is 17.8 Å². The Morgan fingerprint density at radius 1 is 1.26 bits per heavy atom. The molecule has 4 unspecified atom stereocenters. The van der Waals surface area contributed by atoms with Gasteiger partial charge >= 0.3 is 5.97 Å². The zero-order valence-corrected chi connectivity index (χ0v) is 12.3. The number of carboxylic acids is 1. The summed E-state index contributed by atoms with van der Waals surface area (Å²) in [7, 11) is 0. The summed E-state index contributed by atoms with van der Waals surface area (Å²) >= 11 is 0. The smallest absolute Gasteiger partial charge is 0.306 e. The molecule has 0 aromatic carbocycles. The lowest BCUT2D eigenvalue weighted by atomic mass is 9.96. The molecule has 1 rings (SSSR count). The highest BCUT2D eigenvalue weighted by Crippen LogP contribution is 2.31. The first kappa shape index (κ1) is 16.0. The second-order valence-electron chi connectivity index (χ2n) is 6.09. The second-order valence-corrected chi connectivity index (χ2v) is 6.09. The molecule has 19 heavy (non-hydrogen) atoms. The van der Waals surface area contributed by atoms with E-state index in [4.69, 9.17) is 5.11 Å². The van der Waals surface area contributed by atoms with Crippen LogP contribution in [0.2, 0.25) is 0 Å². The summed E-state index contributed by atoms with van der Waals surface area (Å²) in [5, 5.41) is 11.9. The van der Waals surface area contributed by atoms with E-state index in [2.05, 4.69) is 12.2 Å². The summed E-state index contributed by atoms with van der Waals surface area (Å²) in [5.41, 5.74) is 0. The first-order valence-electron chi connectivity index (χ1n) is 7.45. The van der Waals surface area contributed by atoms with Crippen molar-refractivity contribution in [1.82, 2.24) is 5.32 Å². The lowest BCUT2D eigenvalue weighted by molar-refractivity contribution is -0.141. The number of aliphatic carboxylic acids is 1. The van der Waals surface area contributed by atoms with Gasteiger partial charge in [0.1, 0.15) is 0 Å². The summed E-state index contributed by atoms with van der Waals surface area (Å²) in [6.45, 7) is 5.88. The van der Waals surface area contributed by atoms with Gasteiger partial charge in [0, 0.05) is 12.0 Å². The van der Waals surface area contributed by atoms with Crippen molar-refractivity contribution < 1.29 is 14.7 Å². The number of nitrogens with one attached hydrogen (secondary N) is 1. The molecule has 0 bridgehead atoms. The normalized spacial score (nSPS) is 25.8. The quantitative estimate of drug-likeness (QED) is 0.747. The van der Waals surface area contributed by atoms with E-state index in [1.165, 1.54) is 0 Å². The molecule has 1 fully saturated rings. The Bertz CT molecular complexity index is 317. The standard InChI is InChI=1S/C15H27NO3/c1-10-6-5-9-13(10)14(17)16-12(3)8-4-7-11(2)15(18)19/h10-13H,4-9H2,1-3H3,(H,16,17)(H,18,19). The van der Waals surface area contributed by atoms with Crippen molar-refractivity contribution in [2.45, 2.75) is 65.3 Å². The molecule has 0 radical (unpaired) electrons. The summed E-state index contributed by atoms with van der Waals surface area (Å²) < 4.78 is 0. The number of rotatable bonds is 7. The van der Waals surface area contributed by atoms with Crippen LogP contribution in [0.3, 0.4) is 0 Å². The minimum atomic E-state index is -0.739. The monoisotopic (exact) mass is 269 g/mol. The maximum Gasteiger partial charge on any atom is 0.306 e. The fraction of sp³-hybridized carbons (Fsp3) is 0.867. The topological polar surface area (TPSA) is 66.4 Å². The number of carbonyl (C=O) groups excluding carboxylic acids is 1. The van der Waals surface area contributed by atoms with Crippen LogP contribution in [-0.2, 0) is 9.59 Å². The van der Waals surface area contributed by atoms with Gasteiger partial charge in [-0.2, -0.15) is 0 Å². The van der Waals surface area contributed by atoms with Gasteiger partial charge < -0.3 is 10.4 Å². The number of carboxylic acid groups (broad SMARTS) is 1. The van der Waals surface area contributed by atoms with E-state index in [1.54, 1.807) is 6.92 Å². The lowest BCUT2D eigenvalue weighted by Crippen LogP contribution is -2.38. The van der Waals surface area contributed by atoms with Gasteiger partial charge in [0.15, 0.2) is 0 Å². The Morgan fingerprint density at radius 3 is 2.47 bits per heavy atom. The summed E-state index contributed by atoms with van der Waals surface area (Å²) in [6.07, 6.45) is 5.69. The van der Waals surface area contributed by atoms with Crippen molar-refractivity contribution in [3.63, 3.8) is 0 Å². The lowest BCUT2D eigenvalue weighted by Gasteiger charge is -2.19. The van der Waals surface area contributed by atoms with Crippen molar-refractivity contribution in [3.8, 4) is 0 Å². The van der Waals surface area contributed by atoms with Crippen LogP contribution < -0.4 is 5.32 Å². The molecule has 1 aliphatic carbocycles. The molecule has 110 valence electrons. The number of hydrogen-bond donors (Lipinski definition) is 2. The summed E-state index contributed by atoms with van der Waals surface area (Å²) in [5.74, 6) is -0.169. The van der Waals surface area contributed by atoms with Crippen LogP contribution >= 0.6 is 0 Å². The van der Waals surface area contributed by atoms with E-state index >= 15 is 0 Å². The third-order valence-electron chi connectivity index (χ3n) is 4.28. The van der Waals surface area contributed by atoms with Crippen LogP contribution in [0.15, 0.2) is 0 Å². The van der Waals surface area contributed by atoms with Crippen molar-refractivity contribution in [2.75, 3.05) is 0 Å². The molecule has 4 nitrogen and oxygen atoms in total. The van der Waals surface area contributed by atoms with E-state index in [-0.39, 0.29) is 23.8 Å². The molecule has 0 heterocycles. The maximum atomic E-state index is 12.1. The summed E-state index contributed by atoms with van der Waals surface area (Å²) in [6, 6.07) is 0.140. The van der Waals surface area contributed by atoms with Crippen molar-refractivity contribution >= 4 is 11.9 Å². The van der Waals surface area contributed by atoms with E-state index in [1.807, 2.05) is 6.92 Å². The Hall–Kier alpha value is -1.06. The highest BCUT2D eigenvalue weighted by atomic mass is 16.4. The minimum Gasteiger partial charge on any atom is -0.481 e. The Morgan fingerprint density at radius 2 is 1.95 bits per heavy atom. The van der Waals surface area contributed by atoms with Crippen molar-refractivity contribution in [2.24, 2.45) is 17.8 Å². The molecule has 0 spiro atoms. The van der Waals surface area contributed by atoms with Gasteiger partial charge in [-0.05, 0) is 38.5 Å². The third kappa shape index (κ3) is 5.21. The highest BCUT2D eigenvalue weighted by Gasteiger charge is 2.30. The van der Waals surface area contributed by atoms with Gasteiger partial charge in [0.25, 0.3) is 0 Å². The van der Waals surface area contributed by atoms with Crippen LogP contribution in [0.5, 0.6) is 0 Å². The SMILES string of the molecule is CC(CCCC(C)C(=O)O)NC(=O)C1CCCC1C. The van der Waals surface area contributed by atoms with Gasteiger partial charge in [-0.1, -0.05) is 26.7 Å². The number of carbonyl (C=O) groups is 2. The molecule has 0 aliphatic heterocycles. The molecular formula is C15H27NO3. The second kappa shape index (κ2) is 7.51. The van der Waals surface area contributed by atoms with E-state index in [0.29, 0.717) is 12.3 Å². The van der Waals surface area contributed by atoms with Crippen LogP contribution in [0.4, 0.5) is 0 Å². The van der Waals surface area contributed by atoms with Gasteiger partial charge in [0.2, 0.25) is 5.91 Å². The minimum absolute atomic E-state index is 0.140. The molecule has 2 N–H and O–H groups in total. The van der Waals surface area contributed by atoms with E-state index < -0.39 is 5.97 Å². The van der Waals surface area contributed by atoms with Gasteiger partial charge in [-0.3, -0.25) is 9.59 Å². The molecule has 1 aliphatic rings. The fourth-order valence-corrected chi connectivity index (χ4v) is 2.81. The molecule has 0 aromatic heterocycles. The average molecular weight is 269 g/mol. The van der Waals surface area contributed by atoms with E-state index in [9.17, 15) is 9.59 Å². The largest absolute Gasteiger partial charge is 0.481 e. The van der Waals surface area contributed by atoms with Crippen molar-refractivity contribution in [3.05, 3.63) is 0 Å². The van der Waals surface area contributed by atoms with Crippen LogP contribution in [0.25, 0.3) is 0 Å². The van der Waals surface area contributed by atoms with Crippen molar-refractivity contribution in [1.29, 1.82) is 0 Å². The molecule has 1 saturated carbocycles. The predicted molar refractivity (Wildman–Crippen MR) is 74.8 cm³/mol. The third-order valence-corrected chi connectivity index (χ3v) is 4.28. The predicted octanol–water partition coefficient (Wildman–Crippen LogP) is 2.82. The highest BCUT2D eigenvalue weighted by molar-refractivity contribution is 5.79. The van der Waals surface area contributed by atoms with E-state index in [0.717, 1.165) is 32.1 Å². The van der Waals surface area contributed by atoms with Crippen LogP contribution in [-0.4, -0.2) is 23.0 Å². The Labute approximate surface area is 116 Å². The number of amides is 1. The summed E-state index contributed by atoms with van der Waals surface area (Å²) in [4.78, 5) is 22.8. The Kier molecular flexibility index (Phi) is 6.32. The van der Waals surface area contributed by atoms with Gasteiger partial charge in [0.05, 0.1) is 5.92 Å².